The molecule has 1 aromatic carbocycles. The number of carbonyl (C=O) groups excluding carboxylic acids is 2. The van der Waals surface area contributed by atoms with Crippen molar-refractivity contribution < 1.29 is 14.3 Å². The van der Waals surface area contributed by atoms with Crippen LogP contribution in [0.3, 0.4) is 0 Å². The summed E-state index contributed by atoms with van der Waals surface area (Å²) in [6.07, 6.45) is 3.46. The number of ether oxygens (including phenoxy) is 1. The second-order valence-corrected chi connectivity index (χ2v) is 8.06. The minimum Gasteiger partial charge on any atom is -0.494 e. The molecule has 2 saturated heterocycles. The monoisotopic (exact) mass is 373 g/mol. The van der Waals surface area contributed by atoms with Crippen molar-refractivity contribution in [3.8, 4) is 5.75 Å². The number of likely N-dealkylation sites (tertiary alicyclic amines) is 2. The average molecular weight is 373 g/mol. The number of likely N-dealkylation sites (N-methyl/N-ethyl adjacent to an activating group) is 1. The SMILES string of the molecule is CN1CCC2(CC1)CC(=O)N(CC(=O)N(C)CCCOc1ccccc1)C2. The van der Waals surface area contributed by atoms with Gasteiger partial charge in [-0.1, -0.05) is 18.2 Å². The first-order valence-electron chi connectivity index (χ1n) is 9.86. The summed E-state index contributed by atoms with van der Waals surface area (Å²) in [6, 6.07) is 9.68. The molecule has 27 heavy (non-hydrogen) atoms. The molecule has 1 spiro atoms. The summed E-state index contributed by atoms with van der Waals surface area (Å²) in [5.74, 6) is 0.985. The van der Waals surface area contributed by atoms with Crippen LogP contribution < -0.4 is 4.74 Å². The van der Waals surface area contributed by atoms with Gasteiger partial charge in [-0.2, -0.15) is 0 Å². The molecule has 3 rings (SSSR count). The van der Waals surface area contributed by atoms with E-state index in [0.717, 1.165) is 44.6 Å². The Morgan fingerprint density at radius 3 is 2.63 bits per heavy atom. The Hall–Kier alpha value is -2.08. The fraction of sp³-hybridized carbons (Fsp3) is 0.619. The second-order valence-electron chi connectivity index (χ2n) is 8.06. The third-order valence-electron chi connectivity index (χ3n) is 5.85. The number of rotatable bonds is 7. The number of hydrogen-bond acceptors (Lipinski definition) is 4. The molecule has 0 aromatic heterocycles. The quantitative estimate of drug-likeness (QED) is 0.685. The molecule has 0 aliphatic carbocycles. The van der Waals surface area contributed by atoms with Crippen molar-refractivity contribution in [1.82, 2.24) is 14.7 Å². The Labute approximate surface area is 162 Å². The maximum Gasteiger partial charge on any atom is 0.241 e. The number of piperidine rings is 1. The van der Waals surface area contributed by atoms with Crippen LogP contribution in [0.25, 0.3) is 0 Å². The lowest BCUT2D eigenvalue weighted by Crippen LogP contribution is -2.42. The molecule has 0 saturated carbocycles. The number of para-hydroxylation sites is 1. The molecular formula is C21H31N3O3. The fourth-order valence-electron chi connectivity index (χ4n) is 3.97. The molecule has 0 bridgehead atoms. The number of hydrogen-bond donors (Lipinski definition) is 0. The van der Waals surface area contributed by atoms with Gasteiger partial charge in [0.25, 0.3) is 0 Å². The summed E-state index contributed by atoms with van der Waals surface area (Å²) in [5, 5.41) is 0. The molecule has 148 valence electrons. The standard InChI is InChI=1S/C21H31N3O3/c1-22-12-9-21(10-13-22)15-19(25)24(17-21)16-20(26)23(2)11-6-14-27-18-7-4-3-5-8-18/h3-5,7-8H,6,9-17H2,1-2H3. The van der Waals surface area contributed by atoms with E-state index in [1.54, 1.807) is 16.8 Å². The Kier molecular flexibility index (Phi) is 6.37. The van der Waals surface area contributed by atoms with E-state index in [2.05, 4.69) is 11.9 Å². The summed E-state index contributed by atoms with van der Waals surface area (Å²) in [4.78, 5) is 30.7. The normalized spacial score (nSPS) is 19.5. The lowest BCUT2D eigenvalue weighted by Gasteiger charge is -2.37. The van der Waals surface area contributed by atoms with Crippen molar-refractivity contribution >= 4 is 11.8 Å². The van der Waals surface area contributed by atoms with Gasteiger partial charge in [-0.05, 0) is 56.9 Å². The minimum absolute atomic E-state index is 0.00744. The van der Waals surface area contributed by atoms with E-state index in [9.17, 15) is 9.59 Å². The first kappa shape index (κ1) is 19.7. The van der Waals surface area contributed by atoms with Crippen LogP contribution in [0.15, 0.2) is 30.3 Å². The van der Waals surface area contributed by atoms with Crippen LogP contribution in [0.1, 0.15) is 25.7 Å². The molecule has 2 heterocycles. The molecule has 2 aliphatic heterocycles. The molecule has 0 unspecified atom stereocenters. The highest BCUT2D eigenvalue weighted by Gasteiger charge is 2.44. The van der Waals surface area contributed by atoms with E-state index in [1.165, 1.54) is 0 Å². The van der Waals surface area contributed by atoms with Gasteiger partial charge in [0.2, 0.25) is 11.8 Å². The number of benzene rings is 1. The Bertz CT molecular complexity index is 641. The van der Waals surface area contributed by atoms with Crippen molar-refractivity contribution in [3.63, 3.8) is 0 Å². The molecule has 2 aliphatic rings. The highest BCUT2D eigenvalue weighted by molar-refractivity contribution is 5.86. The molecule has 1 aromatic rings. The molecule has 2 fully saturated rings. The second kappa shape index (κ2) is 8.74. The third kappa shape index (κ3) is 5.22. The van der Waals surface area contributed by atoms with Gasteiger partial charge in [0.1, 0.15) is 5.75 Å². The van der Waals surface area contributed by atoms with Crippen molar-refractivity contribution in [3.05, 3.63) is 30.3 Å². The minimum atomic E-state index is 0.00744. The van der Waals surface area contributed by atoms with Gasteiger partial charge < -0.3 is 19.4 Å². The zero-order valence-electron chi connectivity index (χ0n) is 16.5. The molecule has 6 nitrogen and oxygen atoms in total. The maximum atomic E-state index is 12.5. The van der Waals surface area contributed by atoms with Crippen LogP contribution >= 0.6 is 0 Å². The van der Waals surface area contributed by atoms with Crippen molar-refractivity contribution in [2.45, 2.75) is 25.7 Å². The van der Waals surface area contributed by atoms with Gasteiger partial charge in [-0.25, -0.2) is 0 Å². The summed E-state index contributed by atoms with van der Waals surface area (Å²) >= 11 is 0. The number of nitrogens with zero attached hydrogens (tertiary/aromatic N) is 3. The van der Waals surface area contributed by atoms with E-state index in [0.29, 0.717) is 19.6 Å². The summed E-state index contributed by atoms with van der Waals surface area (Å²) in [6.45, 7) is 4.21. The Morgan fingerprint density at radius 2 is 1.93 bits per heavy atom. The average Bonchev–Trinajstić information content (AvgIpc) is 2.97. The van der Waals surface area contributed by atoms with Gasteiger partial charge in [-0.15, -0.1) is 0 Å². The van der Waals surface area contributed by atoms with Gasteiger partial charge in [0.05, 0.1) is 13.2 Å². The predicted molar refractivity (Wildman–Crippen MR) is 105 cm³/mol. The molecule has 0 radical (unpaired) electrons. The van der Waals surface area contributed by atoms with E-state index < -0.39 is 0 Å². The van der Waals surface area contributed by atoms with E-state index in [-0.39, 0.29) is 23.8 Å². The van der Waals surface area contributed by atoms with Crippen LogP contribution in [0.2, 0.25) is 0 Å². The highest BCUT2D eigenvalue weighted by atomic mass is 16.5. The van der Waals surface area contributed by atoms with E-state index >= 15 is 0 Å². The van der Waals surface area contributed by atoms with Crippen molar-refractivity contribution in [2.75, 3.05) is 53.4 Å². The Balaban J connectivity index is 1.39. The number of amides is 2. The molecule has 0 atom stereocenters. The smallest absolute Gasteiger partial charge is 0.241 e. The first-order chi connectivity index (χ1) is 13.0. The van der Waals surface area contributed by atoms with Crippen molar-refractivity contribution in [2.24, 2.45) is 5.41 Å². The summed E-state index contributed by atoms with van der Waals surface area (Å²) < 4.78 is 5.66. The maximum absolute atomic E-state index is 12.5. The van der Waals surface area contributed by atoms with Crippen LogP contribution in [0, 0.1) is 5.41 Å². The van der Waals surface area contributed by atoms with Gasteiger partial charge in [0.15, 0.2) is 0 Å². The molecule has 2 amide bonds. The number of carbonyl (C=O) groups is 2. The lowest BCUT2D eigenvalue weighted by atomic mass is 9.78. The van der Waals surface area contributed by atoms with Crippen molar-refractivity contribution in [1.29, 1.82) is 0 Å². The van der Waals surface area contributed by atoms with Gasteiger partial charge in [-0.3, -0.25) is 9.59 Å². The van der Waals surface area contributed by atoms with Gasteiger partial charge >= 0.3 is 0 Å². The molecular weight excluding hydrogens is 342 g/mol. The zero-order valence-corrected chi connectivity index (χ0v) is 16.5. The fourth-order valence-corrected chi connectivity index (χ4v) is 3.97. The molecule has 6 heteroatoms. The predicted octanol–water partition coefficient (Wildman–Crippen LogP) is 1.86. The first-order valence-corrected chi connectivity index (χ1v) is 9.86. The third-order valence-corrected chi connectivity index (χ3v) is 5.85. The van der Waals surface area contributed by atoms with E-state index in [1.807, 2.05) is 30.3 Å². The summed E-state index contributed by atoms with van der Waals surface area (Å²) in [5.41, 5.74) is 0.0893. The van der Waals surface area contributed by atoms with Crippen LogP contribution in [-0.4, -0.2) is 79.9 Å². The van der Waals surface area contributed by atoms with Crippen LogP contribution in [-0.2, 0) is 9.59 Å². The van der Waals surface area contributed by atoms with E-state index in [4.69, 9.17) is 4.74 Å². The topological polar surface area (TPSA) is 53.1 Å². The molecule has 0 N–H and O–H groups in total. The van der Waals surface area contributed by atoms with Gasteiger partial charge in [0, 0.05) is 26.6 Å². The van der Waals surface area contributed by atoms with Crippen LogP contribution in [0.5, 0.6) is 5.75 Å². The zero-order chi connectivity index (χ0) is 19.3. The Morgan fingerprint density at radius 1 is 1.22 bits per heavy atom. The highest BCUT2D eigenvalue weighted by Crippen LogP contribution is 2.40. The lowest BCUT2D eigenvalue weighted by molar-refractivity contribution is -0.137. The summed E-state index contributed by atoms with van der Waals surface area (Å²) in [7, 11) is 3.93. The largest absolute Gasteiger partial charge is 0.494 e. The van der Waals surface area contributed by atoms with Crippen LogP contribution in [0.4, 0.5) is 0 Å².